The molecule has 0 saturated heterocycles. The molecular formula is C25H19FIN3O3S. The second-order valence-electron chi connectivity index (χ2n) is 7.28. The van der Waals surface area contributed by atoms with Gasteiger partial charge in [0.05, 0.1) is 16.3 Å². The van der Waals surface area contributed by atoms with Gasteiger partial charge in [0.1, 0.15) is 5.82 Å². The Hall–Kier alpha value is -3.44. The van der Waals surface area contributed by atoms with Gasteiger partial charge < -0.3 is 10.6 Å². The summed E-state index contributed by atoms with van der Waals surface area (Å²) in [6.07, 6.45) is 0. The number of carbonyl (C=O) groups is 1. The molecule has 34 heavy (non-hydrogen) atoms. The Labute approximate surface area is 210 Å². The first kappa shape index (κ1) is 23.7. The molecule has 0 unspecified atom stereocenters. The number of amides is 2. The molecule has 4 rings (SSSR count). The molecule has 0 aliphatic rings. The highest BCUT2D eigenvalue weighted by atomic mass is 127. The number of urea groups is 1. The minimum atomic E-state index is -3.91. The van der Waals surface area contributed by atoms with Crippen molar-refractivity contribution >= 4 is 55.7 Å². The first-order valence-electron chi connectivity index (χ1n) is 10.1. The Morgan fingerprint density at radius 1 is 0.735 bits per heavy atom. The number of sulfonamides is 1. The van der Waals surface area contributed by atoms with Gasteiger partial charge in [-0.15, -0.1) is 0 Å². The average Bonchev–Trinajstić information content (AvgIpc) is 2.82. The van der Waals surface area contributed by atoms with Gasteiger partial charge in [-0.25, -0.2) is 17.6 Å². The third-order valence-electron chi connectivity index (χ3n) is 4.82. The van der Waals surface area contributed by atoms with Crippen molar-refractivity contribution in [1.82, 2.24) is 0 Å². The molecule has 0 fully saturated rings. The second kappa shape index (κ2) is 10.2. The van der Waals surface area contributed by atoms with E-state index >= 15 is 0 Å². The number of rotatable bonds is 6. The van der Waals surface area contributed by atoms with Crippen molar-refractivity contribution in [1.29, 1.82) is 0 Å². The molecule has 4 aromatic carbocycles. The van der Waals surface area contributed by atoms with Crippen LogP contribution in [-0.4, -0.2) is 14.4 Å². The van der Waals surface area contributed by atoms with E-state index in [0.717, 1.165) is 3.57 Å². The molecule has 0 aliphatic carbocycles. The predicted molar refractivity (Wildman–Crippen MR) is 141 cm³/mol. The number of carbonyl (C=O) groups excluding carboxylic acids is 1. The van der Waals surface area contributed by atoms with Crippen molar-refractivity contribution in [2.75, 3.05) is 15.4 Å². The van der Waals surface area contributed by atoms with Crippen molar-refractivity contribution in [2.24, 2.45) is 0 Å². The Kier molecular flexibility index (Phi) is 7.13. The quantitative estimate of drug-likeness (QED) is 0.224. The molecule has 6 nitrogen and oxygen atoms in total. The Bertz CT molecular complexity index is 1430. The summed E-state index contributed by atoms with van der Waals surface area (Å²) in [5.41, 5.74) is 2.72. The summed E-state index contributed by atoms with van der Waals surface area (Å²) in [4.78, 5) is 12.4. The fourth-order valence-corrected chi connectivity index (χ4v) is 4.76. The summed E-state index contributed by atoms with van der Waals surface area (Å²) < 4.78 is 42.6. The summed E-state index contributed by atoms with van der Waals surface area (Å²) in [7, 11) is -3.91. The van der Waals surface area contributed by atoms with Crippen LogP contribution in [0.5, 0.6) is 0 Å². The Balaban J connectivity index is 1.52. The summed E-state index contributed by atoms with van der Waals surface area (Å²) in [5.74, 6) is -0.366. The van der Waals surface area contributed by atoms with Crippen LogP contribution in [0.1, 0.15) is 0 Å². The predicted octanol–water partition coefficient (Wildman–Crippen LogP) is 6.54. The van der Waals surface area contributed by atoms with Gasteiger partial charge in [-0.2, -0.15) is 0 Å². The number of anilines is 3. The van der Waals surface area contributed by atoms with Crippen LogP contribution in [-0.2, 0) is 10.0 Å². The van der Waals surface area contributed by atoms with Gasteiger partial charge >= 0.3 is 6.03 Å². The normalized spacial score (nSPS) is 11.0. The zero-order valence-electron chi connectivity index (χ0n) is 17.6. The van der Waals surface area contributed by atoms with Gasteiger partial charge in [0.15, 0.2) is 0 Å². The fourth-order valence-electron chi connectivity index (χ4n) is 3.19. The zero-order chi connectivity index (χ0) is 24.1. The lowest BCUT2D eigenvalue weighted by atomic mass is 10.1. The Morgan fingerprint density at radius 3 is 2.21 bits per heavy atom. The number of halogens is 2. The first-order chi connectivity index (χ1) is 16.3. The first-order valence-corrected chi connectivity index (χ1v) is 12.7. The van der Waals surface area contributed by atoms with Gasteiger partial charge in [-0.1, -0.05) is 42.5 Å². The van der Waals surface area contributed by atoms with Crippen LogP contribution in [0.3, 0.4) is 0 Å². The molecule has 0 bridgehead atoms. The van der Waals surface area contributed by atoms with Crippen molar-refractivity contribution in [3.05, 3.63) is 106 Å². The van der Waals surface area contributed by atoms with Crippen molar-refractivity contribution in [3.63, 3.8) is 0 Å². The van der Waals surface area contributed by atoms with Crippen LogP contribution < -0.4 is 15.4 Å². The van der Waals surface area contributed by atoms with Crippen LogP contribution in [0.25, 0.3) is 11.1 Å². The smallest absolute Gasteiger partial charge is 0.308 e. The van der Waals surface area contributed by atoms with E-state index in [1.54, 1.807) is 66.7 Å². The molecule has 9 heteroatoms. The molecule has 0 heterocycles. The molecule has 3 N–H and O–H groups in total. The molecule has 0 saturated carbocycles. The van der Waals surface area contributed by atoms with Crippen molar-refractivity contribution in [3.8, 4) is 11.1 Å². The van der Waals surface area contributed by atoms with E-state index in [1.807, 2.05) is 6.07 Å². The minimum Gasteiger partial charge on any atom is -0.308 e. The fraction of sp³-hybridized carbons (Fsp3) is 0. The van der Waals surface area contributed by atoms with E-state index in [9.17, 15) is 17.6 Å². The largest absolute Gasteiger partial charge is 0.323 e. The van der Waals surface area contributed by atoms with Crippen LogP contribution in [0, 0.1) is 9.39 Å². The maximum absolute atomic E-state index is 13.2. The maximum Gasteiger partial charge on any atom is 0.323 e. The molecular weight excluding hydrogens is 568 g/mol. The van der Waals surface area contributed by atoms with E-state index in [2.05, 4.69) is 37.9 Å². The topological polar surface area (TPSA) is 87.3 Å². The van der Waals surface area contributed by atoms with E-state index in [-0.39, 0.29) is 10.7 Å². The summed E-state index contributed by atoms with van der Waals surface area (Å²) in [5, 5.41) is 5.46. The number of nitrogens with one attached hydrogen (secondary N) is 3. The Morgan fingerprint density at radius 2 is 1.47 bits per heavy atom. The third-order valence-corrected chi connectivity index (χ3v) is 7.14. The van der Waals surface area contributed by atoms with Crippen molar-refractivity contribution in [2.45, 2.75) is 4.90 Å². The molecule has 0 aromatic heterocycles. The monoisotopic (exact) mass is 587 g/mol. The molecule has 0 atom stereocenters. The minimum absolute atomic E-state index is 0.0594. The maximum atomic E-state index is 13.2. The highest BCUT2D eigenvalue weighted by Crippen LogP contribution is 2.27. The SMILES string of the molecule is O=C(Nc1ccccc1)Nc1cc(NS(=O)(=O)c2cccc(-c3ccc(F)cc3)c2)ccc1I. The molecule has 0 aliphatic heterocycles. The number of hydrogen-bond donors (Lipinski definition) is 3. The summed E-state index contributed by atoms with van der Waals surface area (Å²) in [6, 6.07) is 25.6. The van der Waals surface area contributed by atoms with E-state index in [0.29, 0.717) is 28.2 Å². The summed E-state index contributed by atoms with van der Waals surface area (Å²) in [6.45, 7) is 0. The number of hydrogen-bond acceptors (Lipinski definition) is 3. The van der Waals surface area contributed by atoms with Crippen LogP contribution in [0.4, 0.5) is 26.2 Å². The van der Waals surface area contributed by atoms with E-state index in [1.165, 1.54) is 24.3 Å². The molecule has 2 amide bonds. The zero-order valence-corrected chi connectivity index (χ0v) is 20.6. The standard InChI is InChI=1S/C25H19FIN3O3S/c26-19-11-9-17(10-12-19)18-5-4-8-22(15-18)34(32,33)30-21-13-14-23(27)24(16-21)29-25(31)28-20-6-2-1-3-7-20/h1-16,30H,(H2,28,29,31). The number of para-hydroxylation sites is 1. The molecule has 4 aromatic rings. The average molecular weight is 587 g/mol. The second-order valence-corrected chi connectivity index (χ2v) is 10.1. The van der Waals surface area contributed by atoms with Gasteiger partial charge in [-0.3, -0.25) is 4.72 Å². The molecule has 172 valence electrons. The van der Waals surface area contributed by atoms with Gasteiger partial charge in [0, 0.05) is 9.26 Å². The highest BCUT2D eigenvalue weighted by molar-refractivity contribution is 14.1. The van der Waals surface area contributed by atoms with Crippen LogP contribution in [0.15, 0.2) is 102 Å². The van der Waals surface area contributed by atoms with E-state index < -0.39 is 16.1 Å². The summed E-state index contributed by atoms with van der Waals surface area (Å²) >= 11 is 2.06. The van der Waals surface area contributed by atoms with Gasteiger partial charge in [0.25, 0.3) is 10.0 Å². The van der Waals surface area contributed by atoms with Crippen LogP contribution in [0.2, 0.25) is 0 Å². The van der Waals surface area contributed by atoms with Crippen molar-refractivity contribution < 1.29 is 17.6 Å². The lowest BCUT2D eigenvalue weighted by Crippen LogP contribution is -2.20. The van der Waals surface area contributed by atoms with Gasteiger partial charge in [-0.05, 0) is 88.3 Å². The van der Waals surface area contributed by atoms with E-state index in [4.69, 9.17) is 0 Å². The van der Waals surface area contributed by atoms with Gasteiger partial charge in [0.2, 0.25) is 0 Å². The van der Waals surface area contributed by atoms with Crippen LogP contribution >= 0.6 is 22.6 Å². The lowest BCUT2D eigenvalue weighted by Gasteiger charge is -2.13. The molecule has 0 radical (unpaired) electrons. The number of benzene rings is 4. The third kappa shape index (κ3) is 5.91. The highest BCUT2D eigenvalue weighted by Gasteiger charge is 2.16. The lowest BCUT2D eigenvalue weighted by molar-refractivity contribution is 0.262. The molecule has 0 spiro atoms.